The number of benzene rings is 3. The average Bonchev–Trinajstić information content (AvgIpc) is 3.32. The fourth-order valence-corrected chi connectivity index (χ4v) is 11.8. The van der Waals surface area contributed by atoms with E-state index in [1.807, 2.05) is 0 Å². The van der Waals surface area contributed by atoms with Gasteiger partial charge in [-0.2, -0.15) is 0 Å². The first-order valence-corrected chi connectivity index (χ1v) is 16.9. The summed E-state index contributed by atoms with van der Waals surface area (Å²) in [5.74, 6) is -0.847. The first-order chi connectivity index (χ1) is 14.7. The van der Waals surface area contributed by atoms with Gasteiger partial charge in [0.25, 0.3) is 0 Å². The summed E-state index contributed by atoms with van der Waals surface area (Å²) in [6.45, 7) is 0. The Balaban J connectivity index is 0.000000269. The van der Waals surface area contributed by atoms with E-state index in [1.54, 1.807) is 17.5 Å². The maximum absolute atomic E-state index is 10.1. The molecule has 1 N–H and O–H groups in total. The van der Waals surface area contributed by atoms with E-state index in [9.17, 15) is 4.79 Å². The van der Waals surface area contributed by atoms with Crippen LogP contribution in [0.2, 0.25) is 0 Å². The molecule has 0 aliphatic heterocycles. The molecule has 30 heavy (non-hydrogen) atoms. The predicted molar refractivity (Wildman–Crippen MR) is 127 cm³/mol. The van der Waals surface area contributed by atoms with Crippen molar-refractivity contribution in [3.8, 4) is 0 Å². The molecule has 0 atom stereocenters. The van der Waals surface area contributed by atoms with E-state index in [0.29, 0.717) is 4.88 Å². The number of thiophene rings is 1. The summed E-state index contributed by atoms with van der Waals surface area (Å²) < 4.78 is 3.98. The minimum absolute atomic E-state index is 0.394. The number of hydrogen-bond donors (Lipinski definition) is 1. The molecule has 0 amide bonds. The van der Waals surface area contributed by atoms with Crippen LogP contribution in [0, 0.1) is 0 Å². The molecule has 2 nitrogen and oxygen atoms in total. The molecule has 151 valence electrons. The fraction of sp³-hybridized carbons (Fsp3) is 0.115. The first kappa shape index (κ1) is 22.3. The van der Waals surface area contributed by atoms with Crippen molar-refractivity contribution in [2.24, 2.45) is 0 Å². The molecule has 1 radical (unpaired) electrons. The van der Waals surface area contributed by atoms with Crippen LogP contribution in [0.25, 0.3) is 0 Å². The van der Waals surface area contributed by atoms with Gasteiger partial charge in [-0.3, -0.25) is 0 Å². The Morgan fingerprint density at radius 2 is 1.03 bits per heavy atom. The van der Waals surface area contributed by atoms with Crippen LogP contribution in [0.5, 0.6) is 0 Å². The number of carbonyl (C=O) groups is 1. The molecule has 0 saturated carbocycles. The molecule has 0 unspecified atom stereocenters. The van der Waals surface area contributed by atoms with Crippen molar-refractivity contribution in [2.45, 2.75) is 13.3 Å². The maximum atomic E-state index is 10.1. The third-order valence-electron chi connectivity index (χ3n) is 4.62. The number of aromatic carboxylic acids is 1. The topological polar surface area (TPSA) is 37.3 Å². The van der Waals surface area contributed by atoms with Crippen LogP contribution in [0.1, 0.15) is 26.4 Å². The van der Waals surface area contributed by atoms with Gasteiger partial charge in [0.05, 0.1) is 0 Å². The molecule has 1 heterocycles. The van der Waals surface area contributed by atoms with Crippen molar-refractivity contribution in [1.82, 2.24) is 0 Å². The van der Waals surface area contributed by atoms with Crippen molar-refractivity contribution < 1.29 is 9.90 Å². The Morgan fingerprint density at radius 3 is 1.30 bits per heavy atom. The SMILES string of the molecule is O=C(O)c1cccs1.c1ccc([CH2][Sn]([CH2]c2ccccc2)[CH2]c2ccccc2)cc1. The van der Waals surface area contributed by atoms with Crippen molar-refractivity contribution >= 4 is 37.1 Å². The average molecular weight is 520 g/mol. The summed E-state index contributed by atoms with van der Waals surface area (Å²) in [6.07, 6.45) is 0. The molecule has 0 aliphatic carbocycles. The van der Waals surface area contributed by atoms with E-state index < -0.39 is 25.7 Å². The summed E-state index contributed by atoms with van der Waals surface area (Å²) >= 11 is -0.325. The van der Waals surface area contributed by atoms with Crippen molar-refractivity contribution in [3.05, 3.63) is 130 Å². The van der Waals surface area contributed by atoms with E-state index in [1.165, 1.54) is 41.3 Å². The molecule has 1 aromatic heterocycles. The van der Waals surface area contributed by atoms with Gasteiger partial charge in [-0.05, 0) is 11.4 Å². The Bertz CT molecular complexity index is 889. The minimum atomic E-state index is -1.56. The van der Waals surface area contributed by atoms with Gasteiger partial charge in [-0.15, -0.1) is 11.3 Å². The first-order valence-electron chi connectivity index (χ1n) is 9.93. The van der Waals surface area contributed by atoms with E-state index in [-0.39, 0.29) is 0 Å². The van der Waals surface area contributed by atoms with Crippen molar-refractivity contribution in [2.75, 3.05) is 0 Å². The van der Waals surface area contributed by atoms with Gasteiger partial charge >= 0.3 is 147 Å². The second-order valence-corrected chi connectivity index (χ2v) is 15.3. The quantitative estimate of drug-likeness (QED) is 0.292. The Hall–Kier alpha value is -2.37. The molecule has 4 rings (SSSR count). The van der Waals surface area contributed by atoms with Gasteiger partial charge in [0.15, 0.2) is 0 Å². The summed E-state index contributed by atoms with van der Waals surface area (Å²) in [7, 11) is 0. The zero-order valence-electron chi connectivity index (χ0n) is 16.8. The van der Waals surface area contributed by atoms with Crippen LogP contribution in [-0.2, 0) is 13.3 Å². The third-order valence-corrected chi connectivity index (χ3v) is 13.3. The third kappa shape index (κ3) is 7.81. The molecule has 3 aromatic carbocycles. The van der Waals surface area contributed by atoms with Gasteiger partial charge in [0.2, 0.25) is 0 Å². The molecule has 0 aliphatic rings. The normalized spacial score (nSPS) is 10.3. The zero-order chi connectivity index (χ0) is 21.0. The van der Waals surface area contributed by atoms with Crippen molar-refractivity contribution in [1.29, 1.82) is 0 Å². The molecule has 4 aromatic rings. The molecular formula is C26H25O2SSn. The second kappa shape index (κ2) is 12.4. The molecular weight excluding hydrogens is 495 g/mol. The molecule has 0 saturated heterocycles. The molecule has 0 spiro atoms. The number of carboxylic acid groups (broad SMARTS) is 1. The zero-order valence-corrected chi connectivity index (χ0v) is 20.4. The Morgan fingerprint density at radius 1 is 0.633 bits per heavy atom. The summed E-state index contributed by atoms with van der Waals surface area (Å²) in [5, 5.41) is 10.0. The Kier molecular flexibility index (Phi) is 9.19. The van der Waals surface area contributed by atoms with Crippen LogP contribution in [0.4, 0.5) is 0 Å². The van der Waals surface area contributed by atoms with E-state index in [0.717, 1.165) is 0 Å². The van der Waals surface area contributed by atoms with Gasteiger partial charge in [0.1, 0.15) is 4.88 Å². The monoisotopic (exact) mass is 521 g/mol. The summed E-state index contributed by atoms with van der Waals surface area (Å²) in [6, 6.07) is 36.4. The van der Waals surface area contributed by atoms with E-state index >= 15 is 0 Å². The van der Waals surface area contributed by atoms with Gasteiger partial charge in [-0.25, -0.2) is 4.79 Å². The molecule has 0 bridgehead atoms. The summed E-state index contributed by atoms with van der Waals surface area (Å²) in [4.78, 5) is 10.5. The van der Waals surface area contributed by atoms with Gasteiger partial charge in [-0.1, -0.05) is 6.07 Å². The summed E-state index contributed by atoms with van der Waals surface area (Å²) in [5.41, 5.74) is 4.55. The Labute approximate surface area is 189 Å². The van der Waals surface area contributed by atoms with Crippen LogP contribution >= 0.6 is 11.3 Å². The van der Waals surface area contributed by atoms with Gasteiger partial charge < -0.3 is 5.11 Å². The second-order valence-electron chi connectivity index (χ2n) is 7.02. The van der Waals surface area contributed by atoms with Gasteiger partial charge in [0, 0.05) is 0 Å². The molecule has 4 heteroatoms. The van der Waals surface area contributed by atoms with Crippen molar-refractivity contribution in [3.63, 3.8) is 0 Å². The van der Waals surface area contributed by atoms with E-state index in [2.05, 4.69) is 91.0 Å². The van der Waals surface area contributed by atoms with E-state index in [4.69, 9.17) is 5.11 Å². The fourth-order valence-electron chi connectivity index (χ4n) is 3.24. The van der Waals surface area contributed by atoms with Crippen LogP contribution in [-0.4, -0.2) is 30.8 Å². The standard InChI is InChI=1S/3C7H7.C5H4O2S.Sn/c3*1-7-5-3-2-4-6-7;6-5(7)4-2-1-3-8-4;/h3*2-6H,1H2;1-3H,(H,6,7);. The number of hydrogen-bond acceptors (Lipinski definition) is 2. The predicted octanol–water partition coefficient (Wildman–Crippen LogP) is 6.27. The molecule has 0 fully saturated rings. The van der Waals surface area contributed by atoms with Crippen LogP contribution < -0.4 is 0 Å². The number of rotatable bonds is 7. The van der Waals surface area contributed by atoms with Crippen LogP contribution in [0.15, 0.2) is 109 Å². The number of carboxylic acids is 1. The van der Waals surface area contributed by atoms with Crippen LogP contribution in [0.3, 0.4) is 0 Å².